The van der Waals surface area contributed by atoms with Crippen LogP contribution in [-0.4, -0.2) is 29.6 Å². The first-order valence-electron chi connectivity index (χ1n) is 9.27. The normalized spacial score (nSPS) is 10.5. The van der Waals surface area contributed by atoms with Gasteiger partial charge in [0, 0.05) is 27.9 Å². The number of nitrogens with zero attached hydrogens (tertiary/aromatic N) is 2. The molecule has 0 saturated heterocycles. The number of carbonyl (C=O) groups is 2. The average molecular weight is 497 g/mol. The van der Waals surface area contributed by atoms with Crippen molar-refractivity contribution >= 4 is 45.3 Å². The van der Waals surface area contributed by atoms with Crippen LogP contribution in [0.25, 0.3) is 0 Å². The predicted octanol–water partition coefficient (Wildman–Crippen LogP) is 4.14. The smallest absolute Gasteiger partial charge is 0.271 e. The molecule has 2 N–H and O–H groups in total. The molecule has 0 atom stereocenters. The van der Waals surface area contributed by atoms with Crippen molar-refractivity contribution in [3.05, 3.63) is 98.5 Å². The number of carbonyl (C=O) groups excluding carboxylic acids is 2. The number of nitro benzene ring substituents is 1. The van der Waals surface area contributed by atoms with Gasteiger partial charge in [-0.15, -0.1) is 0 Å². The average Bonchev–Trinajstić information content (AvgIpc) is 2.80. The third-order valence-electron chi connectivity index (χ3n) is 4.08. The maximum Gasteiger partial charge on any atom is 0.271 e. The molecular weight excluding hydrogens is 480 g/mol. The SMILES string of the molecule is O=C(COc1ccc(/C=N\NC(=O)c2cccc([N+](=O)[O-])c2)cc1)Nc1ccc(Br)cc1. The van der Waals surface area contributed by atoms with Crippen LogP contribution in [0.4, 0.5) is 11.4 Å². The Bertz CT molecular complexity index is 1150. The minimum atomic E-state index is -0.575. The highest BCUT2D eigenvalue weighted by molar-refractivity contribution is 9.10. The molecule has 3 rings (SSSR count). The van der Waals surface area contributed by atoms with Crippen molar-refractivity contribution < 1.29 is 19.2 Å². The van der Waals surface area contributed by atoms with Crippen LogP contribution in [-0.2, 0) is 4.79 Å². The number of hydrogen-bond acceptors (Lipinski definition) is 6. The number of nitro groups is 1. The predicted molar refractivity (Wildman–Crippen MR) is 123 cm³/mol. The molecule has 3 aromatic rings. The van der Waals surface area contributed by atoms with E-state index < -0.39 is 10.8 Å². The van der Waals surface area contributed by atoms with E-state index in [2.05, 4.69) is 31.8 Å². The van der Waals surface area contributed by atoms with Crippen LogP contribution in [0, 0.1) is 10.1 Å². The van der Waals surface area contributed by atoms with Gasteiger partial charge in [-0.2, -0.15) is 5.10 Å². The zero-order chi connectivity index (χ0) is 22.9. The van der Waals surface area contributed by atoms with E-state index in [4.69, 9.17) is 4.74 Å². The van der Waals surface area contributed by atoms with Gasteiger partial charge in [0.05, 0.1) is 11.1 Å². The van der Waals surface area contributed by atoms with Crippen molar-refractivity contribution in [2.75, 3.05) is 11.9 Å². The fourth-order valence-corrected chi connectivity index (χ4v) is 2.78. The molecular formula is C22H17BrN4O5. The highest BCUT2D eigenvalue weighted by Crippen LogP contribution is 2.15. The third-order valence-corrected chi connectivity index (χ3v) is 4.61. The van der Waals surface area contributed by atoms with Gasteiger partial charge in [0.15, 0.2) is 6.61 Å². The number of hydrazone groups is 1. The molecule has 0 aliphatic heterocycles. The van der Waals surface area contributed by atoms with Gasteiger partial charge in [-0.05, 0) is 60.2 Å². The Morgan fingerprint density at radius 1 is 1.06 bits per heavy atom. The Morgan fingerprint density at radius 3 is 2.47 bits per heavy atom. The zero-order valence-electron chi connectivity index (χ0n) is 16.5. The van der Waals surface area contributed by atoms with Gasteiger partial charge >= 0.3 is 0 Å². The number of ether oxygens (including phenoxy) is 1. The first-order valence-corrected chi connectivity index (χ1v) is 10.1. The zero-order valence-corrected chi connectivity index (χ0v) is 18.1. The van der Waals surface area contributed by atoms with Crippen LogP contribution in [0.5, 0.6) is 5.75 Å². The van der Waals surface area contributed by atoms with Gasteiger partial charge in [-0.3, -0.25) is 19.7 Å². The third kappa shape index (κ3) is 6.74. The second-order valence-electron chi connectivity index (χ2n) is 6.42. The number of halogens is 1. The molecule has 0 aromatic heterocycles. The summed E-state index contributed by atoms with van der Waals surface area (Å²) in [5.41, 5.74) is 3.61. The Labute approximate surface area is 191 Å². The minimum absolute atomic E-state index is 0.126. The first kappa shape index (κ1) is 22.6. The largest absolute Gasteiger partial charge is 0.484 e. The number of rotatable bonds is 8. The molecule has 2 amide bonds. The van der Waals surface area contributed by atoms with Gasteiger partial charge in [0.2, 0.25) is 0 Å². The van der Waals surface area contributed by atoms with Crippen LogP contribution < -0.4 is 15.5 Å². The second kappa shape index (κ2) is 10.8. The second-order valence-corrected chi connectivity index (χ2v) is 7.34. The fourth-order valence-electron chi connectivity index (χ4n) is 2.52. The van der Waals surface area contributed by atoms with Gasteiger partial charge in [0.25, 0.3) is 17.5 Å². The molecule has 0 unspecified atom stereocenters. The first-order chi connectivity index (χ1) is 15.4. The molecule has 32 heavy (non-hydrogen) atoms. The van der Waals surface area contributed by atoms with E-state index in [9.17, 15) is 19.7 Å². The quantitative estimate of drug-likeness (QED) is 0.275. The minimum Gasteiger partial charge on any atom is -0.484 e. The van der Waals surface area contributed by atoms with Gasteiger partial charge in [0.1, 0.15) is 5.75 Å². The monoisotopic (exact) mass is 496 g/mol. The van der Waals surface area contributed by atoms with Crippen molar-refractivity contribution in [1.82, 2.24) is 5.43 Å². The fraction of sp³-hybridized carbons (Fsp3) is 0.0455. The molecule has 3 aromatic carbocycles. The molecule has 10 heteroatoms. The molecule has 0 fully saturated rings. The molecule has 0 aliphatic carbocycles. The Morgan fingerprint density at radius 2 is 1.78 bits per heavy atom. The highest BCUT2D eigenvalue weighted by Gasteiger charge is 2.10. The standard InChI is InChI=1S/C22H17BrN4O5/c23-17-6-8-18(9-7-17)25-21(28)14-32-20-10-4-15(5-11-20)13-24-26-22(29)16-2-1-3-19(12-16)27(30)31/h1-13H,14H2,(H,25,28)(H,26,29)/b24-13-. The van der Waals surface area contributed by atoms with Crippen LogP contribution in [0.3, 0.4) is 0 Å². The Balaban J connectivity index is 1.47. The lowest BCUT2D eigenvalue weighted by atomic mass is 10.2. The number of hydrogen-bond donors (Lipinski definition) is 2. The van der Waals surface area contributed by atoms with Crippen molar-refractivity contribution in [2.45, 2.75) is 0 Å². The topological polar surface area (TPSA) is 123 Å². The lowest BCUT2D eigenvalue weighted by molar-refractivity contribution is -0.384. The van der Waals surface area contributed by atoms with E-state index in [0.717, 1.165) is 4.47 Å². The number of anilines is 1. The summed E-state index contributed by atoms with van der Waals surface area (Å²) in [7, 11) is 0. The van der Waals surface area contributed by atoms with E-state index >= 15 is 0 Å². The Hall–Kier alpha value is -4.05. The van der Waals surface area contributed by atoms with Crippen LogP contribution in [0.15, 0.2) is 82.4 Å². The van der Waals surface area contributed by atoms with E-state index in [-0.39, 0.29) is 23.8 Å². The van der Waals surface area contributed by atoms with E-state index in [1.807, 2.05) is 12.1 Å². The maximum absolute atomic E-state index is 12.1. The molecule has 162 valence electrons. The van der Waals surface area contributed by atoms with E-state index in [0.29, 0.717) is 17.0 Å². The maximum atomic E-state index is 12.1. The van der Waals surface area contributed by atoms with Crippen LogP contribution >= 0.6 is 15.9 Å². The molecule has 0 bridgehead atoms. The summed E-state index contributed by atoms with van der Waals surface area (Å²) in [6, 6.07) is 19.3. The molecule has 0 spiro atoms. The summed E-state index contributed by atoms with van der Waals surface area (Å²) in [6.45, 7) is -0.150. The number of nitrogens with one attached hydrogen (secondary N) is 2. The van der Waals surface area contributed by atoms with Crippen LogP contribution in [0.1, 0.15) is 15.9 Å². The lowest BCUT2D eigenvalue weighted by Crippen LogP contribution is -2.20. The van der Waals surface area contributed by atoms with Crippen molar-refractivity contribution in [1.29, 1.82) is 0 Å². The summed E-state index contributed by atoms with van der Waals surface area (Å²) in [5.74, 6) is -0.364. The highest BCUT2D eigenvalue weighted by atomic mass is 79.9. The van der Waals surface area contributed by atoms with Crippen molar-refractivity contribution in [2.24, 2.45) is 5.10 Å². The summed E-state index contributed by atoms with van der Waals surface area (Å²) in [6.07, 6.45) is 1.42. The van der Waals surface area contributed by atoms with E-state index in [1.165, 1.54) is 30.5 Å². The summed E-state index contributed by atoms with van der Waals surface area (Å²) >= 11 is 3.33. The molecule has 9 nitrogen and oxygen atoms in total. The van der Waals surface area contributed by atoms with Crippen LogP contribution in [0.2, 0.25) is 0 Å². The molecule has 0 radical (unpaired) electrons. The molecule has 0 saturated carbocycles. The summed E-state index contributed by atoms with van der Waals surface area (Å²) in [4.78, 5) is 34.2. The van der Waals surface area contributed by atoms with Gasteiger partial charge in [-0.1, -0.05) is 22.0 Å². The summed E-state index contributed by atoms with van der Waals surface area (Å²) < 4.78 is 6.37. The van der Waals surface area contributed by atoms with Crippen molar-refractivity contribution in [3.8, 4) is 5.75 Å². The molecule has 0 aliphatic rings. The van der Waals surface area contributed by atoms with Gasteiger partial charge < -0.3 is 10.1 Å². The van der Waals surface area contributed by atoms with E-state index in [1.54, 1.807) is 36.4 Å². The lowest BCUT2D eigenvalue weighted by Gasteiger charge is -2.08. The number of amides is 2. The number of benzene rings is 3. The van der Waals surface area contributed by atoms with Gasteiger partial charge in [-0.25, -0.2) is 5.43 Å². The molecule has 0 heterocycles. The Kier molecular flexibility index (Phi) is 7.65. The summed E-state index contributed by atoms with van der Waals surface area (Å²) in [5, 5.41) is 17.4. The van der Waals surface area contributed by atoms with Crippen molar-refractivity contribution in [3.63, 3.8) is 0 Å². The number of non-ortho nitro benzene ring substituents is 1.